The second-order valence-electron chi connectivity index (χ2n) is 6.10. The van der Waals surface area contributed by atoms with Crippen molar-refractivity contribution in [3.8, 4) is 0 Å². The molecule has 0 aromatic heterocycles. The molecule has 2 N–H and O–H groups in total. The molecule has 0 heterocycles. The quantitative estimate of drug-likeness (QED) is 0.833. The first kappa shape index (κ1) is 15.1. The summed E-state index contributed by atoms with van der Waals surface area (Å²) in [7, 11) is 0. The van der Waals surface area contributed by atoms with E-state index in [4.69, 9.17) is 0 Å². The van der Waals surface area contributed by atoms with Gasteiger partial charge in [-0.2, -0.15) is 0 Å². The summed E-state index contributed by atoms with van der Waals surface area (Å²) < 4.78 is 0. The third kappa shape index (κ3) is 3.07. The summed E-state index contributed by atoms with van der Waals surface area (Å²) in [4.78, 5) is 25.8. The van der Waals surface area contributed by atoms with Crippen molar-refractivity contribution in [1.82, 2.24) is 10.2 Å². The fourth-order valence-corrected chi connectivity index (χ4v) is 3.61. The number of nitrogens with zero attached hydrogens (tertiary/aromatic N) is 1. The molecule has 2 saturated carbocycles. The normalized spacial score (nSPS) is 22.4. The van der Waals surface area contributed by atoms with Crippen LogP contribution in [0.4, 0.5) is 4.79 Å². The molecule has 20 heavy (non-hydrogen) atoms. The summed E-state index contributed by atoms with van der Waals surface area (Å²) >= 11 is 0. The minimum absolute atomic E-state index is 0.191. The maximum absolute atomic E-state index is 12.5. The molecule has 0 atom stereocenters. The van der Waals surface area contributed by atoms with Gasteiger partial charge in [-0.25, -0.2) is 9.59 Å². The van der Waals surface area contributed by atoms with E-state index in [-0.39, 0.29) is 12.1 Å². The summed E-state index contributed by atoms with van der Waals surface area (Å²) in [6, 6.07) is 0.0877. The van der Waals surface area contributed by atoms with Crippen LogP contribution in [0.5, 0.6) is 0 Å². The highest BCUT2D eigenvalue weighted by Gasteiger charge is 2.43. The SMILES string of the molecule is CCN(C(=O)NC1(C(=O)O)CCCC1)C1CCCCC1. The molecule has 0 aromatic carbocycles. The van der Waals surface area contributed by atoms with E-state index in [0.29, 0.717) is 19.4 Å². The van der Waals surface area contributed by atoms with Crippen molar-refractivity contribution >= 4 is 12.0 Å². The van der Waals surface area contributed by atoms with Gasteiger partial charge in [0.2, 0.25) is 0 Å². The topological polar surface area (TPSA) is 69.6 Å². The summed E-state index contributed by atoms with van der Waals surface area (Å²) in [6.07, 6.45) is 8.52. The first-order valence-electron chi connectivity index (χ1n) is 7.91. The maximum Gasteiger partial charge on any atom is 0.329 e. The molecule has 5 heteroatoms. The lowest BCUT2D eigenvalue weighted by molar-refractivity contribution is -0.144. The third-order valence-electron chi connectivity index (χ3n) is 4.83. The van der Waals surface area contributed by atoms with Gasteiger partial charge < -0.3 is 15.3 Å². The first-order chi connectivity index (χ1) is 9.59. The third-order valence-corrected chi connectivity index (χ3v) is 4.83. The lowest BCUT2D eigenvalue weighted by atomic mass is 9.94. The van der Waals surface area contributed by atoms with Gasteiger partial charge in [0.05, 0.1) is 0 Å². The number of rotatable bonds is 4. The highest BCUT2D eigenvalue weighted by molar-refractivity contribution is 5.86. The van der Waals surface area contributed by atoms with Gasteiger partial charge in [-0.3, -0.25) is 0 Å². The largest absolute Gasteiger partial charge is 0.480 e. The Morgan fingerprint density at radius 1 is 1.15 bits per heavy atom. The van der Waals surface area contributed by atoms with Gasteiger partial charge in [0.1, 0.15) is 5.54 Å². The van der Waals surface area contributed by atoms with Crippen LogP contribution in [0.3, 0.4) is 0 Å². The molecule has 114 valence electrons. The van der Waals surface area contributed by atoms with Gasteiger partial charge in [-0.05, 0) is 32.6 Å². The number of carboxylic acid groups (broad SMARTS) is 1. The fraction of sp³-hybridized carbons (Fsp3) is 0.867. The van der Waals surface area contributed by atoms with Gasteiger partial charge in [0, 0.05) is 12.6 Å². The van der Waals surface area contributed by atoms with Crippen LogP contribution in [0.25, 0.3) is 0 Å². The van der Waals surface area contributed by atoms with E-state index in [1.165, 1.54) is 19.3 Å². The number of hydrogen-bond donors (Lipinski definition) is 2. The first-order valence-corrected chi connectivity index (χ1v) is 7.91. The lowest BCUT2D eigenvalue weighted by Gasteiger charge is -2.36. The maximum atomic E-state index is 12.5. The number of urea groups is 1. The number of aliphatic carboxylic acids is 1. The van der Waals surface area contributed by atoms with E-state index in [2.05, 4.69) is 5.32 Å². The predicted octanol–water partition coefficient (Wildman–Crippen LogP) is 2.75. The number of carbonyl (C=O) groups excluding carboxylic acids is 1. The molecule has 2 aliphatic rings. The van der Waals surface area contributed by atoms with Crippen LogP contribution in [0.1, 0.15) is 64.7 Å². The monoisotopic (exact) mass is 282 g/mol. The van der Waals surface area contributed by atoms with Crippen LogP contribution in [-0.2, 0) is 4.79 Å². The standard InChI is InChI=1S/C15H26N2O3/c1-2-17(12-8-4-3-5-9-12)14(20)16-15(13(18)19)10-6-7-11-15/h12H,2-11H2,1H3,(H,16,20)(H,18,19). The smallest absolute Gasteiger partial charge is 0.329 e. The number of carboxylic acids is 1. The molecule has 2 fully saturated rings. The zero-order chi connectivity index (χ0) is 14.6. The average molecular weight is 282 g/mol. The van der Waals surface area contributed by atoms with Crippen LogP contribution in [0.2, 0.25) is 0 Å². The number of nitrogens with one attached hydrogen (secondary N) is 1. The Bertz CT molecular complexity index is 358. The summed E-state index contributed by atoms with van der Waals surface area (Å²) in [5, 5.41) is 12.3. The Hall–Kier alpha value is -1.26. The molecule has 0 spiro atoms. The molecule has 2 amide bonds. The second kappa shape index (κ2) is 6.46. The molecule has 0 radical (unpaired) electrons. The Morgan fingerprint density at radius 2 is 1.75 bits per heavy atom. The van der Waals surface area contributed by atoms with E-state index in [0.717, 1.165) is 25.7 Å². The Labute approximate surface area is 120 Å². The van der Waals surface area contributed by atoms with Crippen molar-refractivity contribution in [3.63, 3.8) is 0 Å². The predicted molar refractivity (Wildman–Crippen MR) is 76.6 cm³/mol. The summed E-state index contributed by atoms with van der Waals surface area (Å²) in [5.41, 5.74) is -1.03. The molecule has 5 nitrogen and oxygen atoms in total. The van der Waals surface area contributed by atoms with Crippen LogP contribution in [0.15, 0.2) is 0 Å². The summed E-state index contributed by atoms with van der Waals surface area (Å²) in [5.74, 6) is -0.886. The van der Waals surface area contributed by atoms with Crippen molar-refractivity contribution in [3.05, 3.63) is 0 Å². The van der Waals surface area contributed by atoms with E-state index in [1.54, 1.807) is 0 Å². The van der Waals surface area contributed by atoms with Crippen molar-refractivity contribution in [2.75, 3.05) is 6.54 Å². The second-order valence-corrected chi connectivity index (χ2v) is 6.10. The van der Waals surface area contributed by atoms with Crippen molar-refractivity contribution in [2.24, 2.45) is 0 Å². The average Bonchev–Trinajstić information content (AvgIpc) is 2.90. The van der Waals surface area contributed by atoms with Crippen molar-refractivity contribution < 1.29 is 14.7 Å². The van der Waals surface area contributed by atoms with Gasteiger partial charge in [-0.1, -0.05) is 32.1 Å². The van der Waals surface area contributed by atoms with E-state index in [9.17, 15) is 14.7 Å². The van der Waals surface area contributed by atoms with Crippen LogP contribution < -0.4 is 5.32 Å². The van der Waals surface area contributed by atoms with Crippen LogP contribution in [-0.4, -0.2) is 40.1 Å². The minimum atomic E-state index is -1.03. The Kier molecular flexibility index (Phi) is 4.89. The van der Waals surface area contributed by atoms with Gasteiger partial charge in [-0.15, -0.1) is 0 Å². The van der Waals surface area contributed by atoms with Gasteiger partial charge in [0.15, 0.2) is 0 Å². The molecule has 0 unspecified atom stereocenters. The zero-order valence-corrected chi connectivity index (χ0v) is 12.4. The van der Waals surface area contributed by atoms with Gasteiger partial charge >= 0.3 is 12.0 Å². The molecule has 0 bridgehead atoms. The summed E-state index contributed by atoms with van der Waals surface area (Å²) in [6.45, 7) is 2.61. The molecular weight excluding hydrogens is 256 g/mol. The lowest BCUT2D eigenvalue weighted by Crippen LogP contribution is -2.58. The Morgan fingerprint density at radius 3 is 2.25 bits per heavy atom. The molecule has 0 aromatic rings. The zero-order valence-electron chi connectivity index (χ0n) is 12.4. The molecule has 0 saturated heterocycles. The van der Waals surface area contributed by atoms with Crippen LogP contribution >= 0.6 is 0 Å². The highest BCUT2D eigenvalue weighted by atomic mass is 16.4. The van der Waals surface area contributed by atoms with Crippen LogP contribution in [0, 0.1) is 0 Å². The van der Waals surface area contributed by atoms with E-state index >= 15 is 0 Å². The van der Waals surface area contributed by atoms with Crippen molar-refractivity contribution in [1.29, 1.82) is 0 Å². The minimum Gasteiger partial charge on any atom is -0.480 e. The van der Waals surface area contributed by atoms with Gasteiger partial charge in [0.25, 0.3) is 0 Å². The number of carbonyl (C=O) groups is 2. The highest BCUT2D eigenvalue weighted by Crippen LogP contribution is 2.31. The van der Waals surface area contributed by atoms with E-state index < -0.39 is 11.5 Å². The molecule has 2 aliphatic carbocycles. The number of hydrogen-bond acceptors (Lipinski definition) is 2. The number of amides is 2. The Balaban J connectivity index is 2.02. The molecule has 0 aliphatic heterocycles. The van der Waals surface area contributed by atoms with E-state index in [1.807, 2.05) is 11.8 Å². The van der Waals surface area contributed by atoms with Crippen molar-refractivity contribution in [2.45, 2.75) is 76.3 Å². The molecular formula is C15H26N2O3. The molecule has 2 rings (SSSR count). The fourth-order valence-electron chi connectivity index (χ4n) is 3.61.